The van der Waals surface area contributed by atoms with E-state index in [1.165, 1.54) is 10.9 Å². The van der Waals surface area contributed by atoms with Crippen LogP contribution in [0.15, 0.2) is 42.6 Å². The Bertz CT molecular complexity index is 666. The molecule has 2 heterocycles. The molecule has 3 heteroatoms. The SMILES string of the molecule is Cc1ccc2[nH]c(-c3ccc(N)nc3)cc2c1. The maximum Gasteiger partial charge on any atom is 0.123 e. The van der Waals surface area contributed by atoms with Gasteiger partial charge in [0.15, 0.2) is 0 Å². The van der Waals surface area contributed by atoms with Crippen LogP contribution in [0.3, 0.4) is 0 Å². The number of pyridine rings is 1. The van der Waals surface area contributed by atoms with Crippen LogP contribution in [0.5, 0.6) is 0 Å². The van der Waals surface area contributed by atoms with Gasteiger partial charge in [-0.1, -0.05) is 11.6 Å². The maximum atomic E-state index is 5.58. The fourth-order valence-corrected chi connectivity index (χ4v) is 1.97. The molecule has 0 aliphatic carbocycles. The Labute approximate surface area is 99.3 Å². The van der Waals surface area contributed by atoms with Crippen LogP contribution in [0.25, 0.3) is 22.2 Å². The second-order valence-electron chi connectivity index (χ2n) is 4.25. The third-order valence-electron chi connectivity index (χ3n) is 2.87. The second kappa shape index (κ2) is 3.63. The third-order valence-corrected chi connectivity index (χ3v) is 2.87. The molecule has 0 fully saturated rings. The summed E-state index contributed by atoms with van der Waals surface area (Å²) >= 11 is 0. The number of aryl methyl sites for hydroxylation is 1. The first kappa shape index (κ1) is 9.90. The molecule has 3 aromatic rings. The smallest absolute Gasteiger partial charge is 0.123 e. The van der Waals surface area contributed by atoms with E-state index in [0.29, 0.717) is 5.82 Å². The van der Waals surface area contributed by atoms with Crippen LogP contribution in [0, 0.1) is 6.92 Å². The van der Waals surface area contributed by atoms with Gasteiger partial charge in [0.2, 0.25) is 0 Å². The Hall–Kier alpha value is -2.29. The minimum atomic E-state index is 0.542. The first-order chi connectivity index (χ1) is 8.22. The predicted octanol–water partition coefficient (Wildman–Crippen LogP) is 3.12. The highest BCUT2D eigenvalue weighted by atomic mass is 14.8. The zero-order valence-corrected chi connectivity index (χ0v) is 9.57. The van der Waals surface area contributed by atoms with Gasteiger partial charge in [-0.2, -0.15) is 0 Å². The molecule has 3 N–H and O–H groups in total. The number of benzene rings is 1. The van der Waals surface area contributed by atoms with Crippen LogP contribution in [0.1, 0.15) is 5.56 Å². The average Bonchev–Trinajstić information content (AvgIpc) is 2.72. The van der Waals surface area contributed by atoms with Crippen molar-refractivity contribution in [3.8, 4) is 11.3 Å². The van der Waals surface area contributed by atoms with E-state index in [2.05, 4.69) is 41.2 Å². The summed E-state index contributed by atoms with van der Waals surface area (Å²) in [6.45, 7) is 2.09. The predicted molar refractivity (Wildman–Crippen MR) is 70.7 cm³/mol. The Morgan fingerprint density at radius 1 is 1.12 bits per heavy atom. The molecule has 3 rings (SSSR count). The van der Waals surface area contributed by atoms with Gasteiger partial charge in [-0.25, -0.2) is 4.98 Å². The van der Waals surface area contributed by atoms with Gasteiger partial charge >= 0.3 is 0 Å². The van der Waals surface area contributed by atoms with E-state index in [1.54, 1.807) is 6.20 Å². The van der Waals surface area contributed by atoms with Gasteiger partial charge in [-0.3, -0.25) is 0 Å². The lowest BCUT2D eigenvalue weighted by Gasteiger charge is -1.97. The molecular weight excluding hydrogens is 210 g/mol. The second-order valence-corrected chi connectivity index (χ2v) is 4.25. The van der Waals surface area contributed by atoms with Crippen molar-refractivity contribution in [1.82, 2.24) is 9.97 Å². The van der Waals surface area contributed by atoms with Gasteiger partial charge in [-0.05, 0) is 37.3 Å². The molecule has 17 heavy (non-hydrogen) atoms. The fraction of sp³-hybridized carbons (Fsp3) is 0.0714. The summed E-state index contributed by atoms with van der Waals surface area (Å²) < 4.78 is 0. The lowest BCUT2D eigenvalue weighted by atomic mass is 10.1. The minimum absolute atomic E-state index is 0.542. The highest BCUT2D eigenvalue weighted by Gasteiger charge is 2.03. The Kier molecular flexibility index (Phi) is 2.11. The molecule has 0 aliphatic rings. The number of aromatic nitrogens is 2. The zero-order valence-electron chi connectivity index (χ0n) is 9.57. The zero-order chi connectivity index (χ0) is 11.8. The summed E-state index contributed by atoms with van der Waals surface area (Å²) in [7, 11) is 0. The van der Waals surface area contributed by atoms with Gasteiger partial charge in [-0.15, -0.1) is 0 Å². The van der Waals surface area contributed by atoms with Crippen molar-refractivity contribution < 1.29 is 0 Å². The summed E-state index contributed by atoms with van der Waals surface area (Å²) in [6.07, 6.45) is 1.78. The molecule has 0 bridgehead atoms. The molecule has 1 aromatic carbocycles. The van der Waals surface area contributed by atoms with Crippen molar-refractivity contribution >= 4 is 16.7 Å². The van der Waals surface area contributed by atoms with Crippen molar-refractivity contribution in [2.75, 3.05) is 5.73 Å². The Balaban J connectivity index is 2.14. The average molecular weight is 223 g/mol. The summed E-state index contributed by atoms with van der Waals surface area (Å²) in [5, 5.41) is 1.22. The van der Waals surface area contributed by atoms with E-state index >= 15 is 0 Å². The van der Waals surface area contributed by atoms with E-state index < -0.39 is 0 Å². The standard InChI is InChI=1S/C14H13N3/c1-9-2-4-12-11(6-9)7-13(17-12)10-3-5-14(15)16-8-10/h2-8,17H,1H3,(H2,15,16). The number of anilines is 1. The fourth-order valence-electron chi connectivity index (χ4n) is 1.97. The molecule has 0 aliphatic heterocycles. The number of fused-ring (bicyclic) bond motifs is 1. The lowest BCUT2D eigenvalue weighted by molar-refractivity contribution is 1.32. The normalized spacial score (nSPS) is 10.9. The lowest BCUT2D eigenvalue weighted by Crippen LogP contribution is -1.88. The molecule has 0 unspecified atom stereocenters. The van der Waals surface area contributed by atoms with E-state index in [4.69, 9.17) is 5.73 Å². The molecule has 2 aromatic heterocycles. The van der Waals surface area contributed by atoms with Crippen LogP contribution < -0.4 is 5.73 Å². The summed E-state index contributed by atoms with van der Waals surface area (Å²) in [6, 6.07) is 12.3. The number of rotatable bonds is 1. The molecule has 0 amide bonds. The number of aromatic amines is 1. The van der Waals surface area contributed by atoms with Crippen LogP contribution in [-0.4, -0.2) is 9.97 Å². The maximum absolute atomic E-state index is 5.58. The van der Waals surface area contributed by atoms with E-state index in [-0.39, 0.29) is 0 Å². The van der Waals surface area contributed by atoms with Crippen molar-refractivity contribution in [2.24, 2.45) is 0 Å². The minimum Gasteiger partial charge on any atom is -0.384 e. The largest absolute Gasteiger partial charge is 0.384 e. The Morgan fingerprint density at radius 3 is 2.76 bits per heavy atom. The molecule has 84 valence electrons. The summed E-state index contributed by atoms with van der Waals surface area (Å²) in [4.78, 5) is 7.48. The highest BCUT2D eigenvalue weighted by molar-refractivity contribution is 5.86. The number of nitrogens with zero attached hydrogens (tertiary/aromatic N) is 1. The first-order valence-electron chi connectivity index (χ1n) is 5.54. The molecule has 3 nitrogen and oxygen atoms in total. The molecule has 0 saturated carbocycles. The van der Waals surface area contributed by atoms with Gasteiger partial charge in [0.1, 0.15) is 5.82 Å². The number of hydrogen-bond donors (Lipinski definition) is 2. The number of hydrogen-bond acceptors (Lipinski definition) is 2. The van der Waals surface area contributed by atoms with Crippen molar-refractivity contribution in [2.45, 2.75) is 6.92 Å². The first-order valence-corrected chi connectivity index (χ1v) is 5.54. The van der Waals surface area contributed by atoms with Gasteiger partial charge in [0.05, 0.1) is 0 Å². The van der Waals surface area contributed by atoms with Crippen LogP contribution in [0.4, 0.5) is 5.82 Å². The van der Waals surface area contributed by atoms with Crippen LogP contribution in [0.2, 0.25) is 0 Å². The van der Waals surface area contributed by atoms with E-state index in [1.807, 2.05) is 12.1 Å². The van der Waals surface area contributed by atoms with E-state index in [9.17, 15) is 0 Å². The quantitative estimate of drug-likeness (QED) is 0.666. The summed E-state index contributed by atoms with van der Waals surface area (Å²) in [5.74, 6) is 0.542. The monoisotopic (exact) mass is 223 g/mol. The van der Waals surface area contributed by atoms with E-state index in [0.717, 1.165) is 16.8 Å². The van der Waals surface area contributed by atoms with Crippen LogP contribution >= 0.6 is 0 Å². The highest BCUT2D eigenvalue weighted by Crippen LogP contribution is 2.24. The number of H-pyrrole nitrogens is 1. The molecule has 0 saturated heterocycles. The third kappa shape index (κ3) is 1.76. The van der Waals surface area contributed by atoms with Crippen LogP contribution in [-0.2, 0) is 0 Å². The number of nitrogens with two attached hydrogens (primary N) is 1. The molecule has 0 spiro atoms. The molecule has 0 radical (unpaired) electrons. The van der Waals surface area contributed by atoms with Gasteiger partial charge in [0.25, 0.3) is 0 Å². The van der Waals surface area contributed by atoms with Crippen molar-refractivity contribution in [3.05, 3.63) is 48.2 Å². The molecular formula is C14H13N3. The topological polar surface area (TPSA) is 54.7 Å². The number of nitrogens with one attached hydrogen (secondary N) is 1. The van der Waals surface area contributed by atoms with Gasteiger partial charge in [0, 0.05) is 28.4 Å². The number of nitrogen functional groups attached to an aromatic ring is 1. The Morgan fingerprint density at radius 2 is 2.00 bits per heavy atom. The van der Waals surface area contributed by atoms with Gasteiger partial charge < -0.3 is 10.7 Å². The molecule has 0 atom stereocenters. The van der Waals surface area contributed by atoms with Crippen molar-refractivity contribution in [1.29, 1.82) is 0 Å². The summed E-state index contributed by atoms with van der Waals surface area (Å²) in [5.41, 5.74) is 10.1. The van der Waals surface area contributed by atoms with Crippen molar-refractivity contribution in [3.63, 3.8) is 0 Å².